The van der Waals surface area contributed by atoms with Crippen LogP contribution in [0, 0.1) is 0 Å². The van der Waals surface area contributed by atoms with E-state index in [0.29, 0.717) is 6.61 Å². The molecule has 0 bridgehead atoms. The fraction of sp³-hybridized carbons (Fsp3) is 1.00. The van der Waals surface area contributed by atoms with Crippen LogP contribution in [0.5, 0.6) is 0 Å². The molecule has 1 saturated heterocycles. The van der Waals surface area contributed by atoms with Crippen LogP contribution in [-0.2, 0) is 24.2 Å². The van der Waals surface area contributed by atoms with Gasteiger partial charge in [0.15, 0.2) is 8.32 Å². The standard InChI is InChI=1S/C16H34O4SSi/c1-7-8-9-10-11-12-14-15(20-21(17)19-14)13-18-22(5,6)16(2,3)4/h14-15H,7-13H2,1-6H3/t14-,15-,21?/m1/s1. The predicted molar refractivity (Wildman–Crippen MR) is 94.4 cm³/mol. The molecule has 0 aromatic heterocycles. The second-order valence-electron chi connectivity index (χ2n) is 7.75. The molecule has 1 fully saturated rings. The molecule has 1 aliphatic rings. The lowest BCUT2D eigenvalue weighted by Gasteiger charge is -2.36. The summed E-state index contributed by atoms with van der Waals surface area (Å²) in [7, 11) is -1.81. The first-order chi connectivity index (χ1) is 10.2. The van der Waals surface area contributed by atoms with E-state index in [9.17, 15) is 4.21 Å². The Balaban J connectivity index is 2.41. The van der Waals surface area contributed by atoms with Gasteiger partial charge in [0.25, 0.3) is 0 Å². The van der Waals surface area contributed by atoms with Crippen LogP contribution in [0.4, 0.5) is 0 Å². The van der Waals surface area contributed by atoms with Gasteiger partial charge in [0.2, 0.25) is 0 Å². The number of hydrogen-bond donors (Lipinski definition) is 0. The van der Waals surface area contributed by atoms with Crippen molar-refractivity contribution in [2.45, 2.75) is 96.6 Å². The lowest BCUT2D eigenvalue weighted by atomic mass is 10.1. The van der Waals surface area contributed by atoms with E-state index in [-0.39, 0.29) is 17.2 Å². The highest BCUT2D eigenvalue weighted by atomic mass is 32.2. The van der Waals surface area contributed by atoms with Crippen LogP contribution in [0.3, 0.4) is 0 Å². The van der Waals surface area contributed by atoms with Gasteiger partial charge in [-0.1, -0.05) is 59.8 Å². The van der Waals surface area contributed by atoms with E-state index in [0.717, 1.165) is 12.8 Å². The van der Waals surface area contributed by atoms with Gasteiger partial charge in [-0.3, -0.25) is 8.37 Å². The minimum Gasteiger partial charge on any atom is -0.414 e. The summed E-state index contributed by atoms with van der Waals surface area (Å²) in [6.45, 7) is 13.8. The summed E-state index contributed by atoms with van der Waals surface area (Å²) < 4.78 is 28.6. The molecular formula is C16H34O4SSi. The molecule has 1 aliphatic heterocycles. The summed E-state index contributed by atoms with van der Waals surface area (Å²) in [6, 6.07) is 0. The molecule has 22 heavy (non-hydrogen) atoms. The van der Waals surface area contributed by atoms with Crippen LogP contribution in [0.2, 0.25) is 18.1 Å². The smallest absolute Gasteiger partial charge is 0.305 e. The third-order valence-electron chi connectivity index (χ3n) is 4.83. The van der Waals surface area contributed by atoms with Gasteiger partial charge >= 0.3 is 11.4 Å². The molecule has 1 unspecified atom stereocenters. The molecule has 6 heteroatoms. The summed E-state index contributed by atoms with van der Waals surface area (Å²) in [6.07, 6.45) is 6.72. The van der Waals surface area contributed by atoms with E-state index in [1.807, 2.05) is 0 Å². The molecule has 0 aromatic rings. The molecule has 0 amide bonds. The summed E-state index contributed by atoms with van der Waals surface area (Å²) in [5.41, 5.74) is 0. The normalized spacial score (nSPS) is 26.5. The van der Waals surface area contributed by atoms with Gasteiger partial charge in [-0.25, -0.2) is 0 Å². The average molecular weight is 351 g/mol. The first kappa shape index (κ1) is 20.3. The lowest BCUT2D eigenvalue weighted by Crippen LogP contribution is -2.44. The zero-order valence-corrected chi connectivity index (χ0v) is 17.0. The second kappa shape index (κ2) is 8.92. The maximum absolute atomic E-state index is 11.5. The van der Waals surface area contributed by atoms with Crippen molar-refractivity contribution in [2.24, 2.45) is 0 Å². The molecule has 0 aliphatic carbocycles. The highest BCUT2D eigenvalue weighted by molar-refractivity contribution is 7.75. The molecule has 0 spiro atoms. The first-order valence-corrected chi connectivity index (χ1v) is 12.5. The Hall–Kier alpha value is 0.247. The van der Waals surface area contributed by atoms with Crippen molar-refractivity contribution in [1.29, 1.82) is 0 Å². The van der Waals surface area contributed by atoms with Crippen molar-refractivity contribution in [2.75, 3.05) is 6.61 Å². The Kier molecular flexibility index (Phi) is 8.23. The third kappa shape index (κ3) is 6.39. The number of unbranched alkanes of at least 4 members (excludes halogenated alkanes) is 4. The Morgan fingerprint density at radius 2 is 1.64 bits per heavy atom. The third-order valence-corrected chi connectivity index (χ3v) is 10.1. The van der Waals surface area contributed by atoms with E-state index in [1.54, 1.807) is 0 Å². The van der Waals surface area contributed by atoms with Crippen molar-refractivity contribution < 1.29 is 17.0 Å². The molecule has 0 saturated carbocycles. The molecule has 0 N–H and O–H groups in total. The van der Waals surface area contributed by atoms with E-state index < -0.39 is 19.7 Å². The van der Waals surface area contributed by atoms with Gasteiger partial charge in [0.05, 0.1) is 6.61 Å². The molecule has 0 radical (unpaired) electrons. The van der Waals surface area contributed by atoms with Crippen molar-refractivity contribution in [3.63, 3.8) is 0 Å². The fourth-order valence-corrected chi connectivity index (χ4v) is 4.04. The van der Waals surface area contributed by atoms with Crippen LogP contribution in [0.15, 0.2) is 0 Å². The molecule has 0 aromatic carbocycles. The van der Waals surface area contributed by atoms with Crippen molar-refractivity contribution in [3.05, 3.63) is 0 Å². The Morgan fingerprint density at radius 3 is 2.23 bits per heavy atom. The minimum atomic E-state index is -1.81. The average Bonchev–Trinajstić information content (AvgIpc) is 2.75. The van der Waals surface area contributed by atoms with Crippen molar-refractivity contribution >= 4 is 19.7 Å². The number of rotatable bonds is 9. The number of hydrogen-bond acceptors (Lipinski definition) is 4. The van der Waals surface area contributed by atoms with Gasteiger partial charge in [0, 0.05) is 0 Å². The van der Waals surface area contributed by atoms with Gasteiger partial charge in [-0.2, -0.15) is 4.21 Å². The van der Waals surface area contributed by atoms with Crippen LogP contribution in [-0.4, -0.2) is 31.3 Å². The van der Waals surface area contributed by atoms with E-state index in [2.05, 4.69) is 40.8 Å². The molecule has 3 atom stereocenters. The summed E-state index contributed by atoms with van der Waals surface area (Å²) in [5.74, 6) is 0. The molecular weight excluding hydrogens is 316 g/mol. The monoisotopic (exact) mass is 350 g/mol. The van der Waals surface area contributed by atoms with Gasteiger partial charge < -0.3 is 4.43 Å². The summed E-state index contributed by atoms with van der Waals surface area (Å²) >= 11 is -1.61. The largest absolute Gasteiger partial charge is 0.414 e. The highest BCUT2D eigenvalue weighted by Crippen LogP contribution is 2.37. The topological polar surface area (TPSA) is 44.8 Å². The molecule has 132 valence electrons. The van der Waals surface area contributed by atoms with Crippen LogP contribution >= 0.6 is 0 Å². The summed E-state index contributed by atoms with van der Waals surface area (Å²) in [5, 5.41) is 0.168. The Labute approximate surface area is 140 Å². The Bertz CT molecular complexity index is 355. The molecule has 1 heterocycles. The van der Waals surface area contributed by atoms with Crippen molar-refractivity contribution in [1.82, 2.24) is 0 Å². The van der Waals surface area contributed by atoms with E-state index in [4.69, 9.17) is 12.8 Å². The van der Waals surface area contributed by atoms with Gasteiger partial charge in [-0.05, 0) is 24.6 Å². The maximum atomic E-state index is 11.5. The maximum Gasteiger partial charge on any atom is 0.305 e. The lowest BCUT2D eigenvalue weighted by molar-refractivity contribution is 0.0874. The van der Waals surface area contributed by atoms with Gasteiger partial charge in [0.1, 0.15) is 12.2 Å². The molecule has 4 nitrogen and oxygen atoms in total. The highest BCUT2D eigenvalue weighted by Gasteiger charge is 2.41. The zero-order chi connectivity index (χ0) is 16.8. The minimum absolute atomic E-state index is 0.0905. The summed E-state index contributed by atoms with van der Waals surface area (Å²) in [4.78, 5) is 0. The van der Waals surface area contributed by atoms with Crippen LogP contribution in [0.1, 0.15) is 66.2 Å². The molecule has 1 rings (SSSR count). The predicted octanol–water partition coefficient (Wildman–Crippen LogP) is 4.73. The van der Waals surface area contributed by atoms with Crippen LogP contribution in [0.25, 0.3) is 0 Å². The first-order valence-electron chi connectivity index (χ1n) is 8.57. The Morgan fingerprint density at radius 1 is 1.05 bits per heavy atom. The van der Waals surface area contributed by atoms with Gasteiger partial charge in [-0.15, -0.1) is 0 Å². The fourth-order valence-electron chi connectivity index (χ4n) is 2.17. The van der Waals surface area contributed by atoms with E-state index in [1.165, 1.54) is 25.7 Å². The van der Waals surface area contributed by atoms with E-state index >= 15 is 0 Å². The SMILES string of the molecule is CCCCCCC[C@H]1OS(=O)O[C@@H]1CO[Si](C)(C)C(C)(C)C. The second-order valence-corrected chi connectivity index (χ2v) is 13.4. The van der Waals surface area contributed by atoms with Crippen LogP contribution < -0.4 is 0 Å². The zero-order valence-electron chi connectivity index (χ0n) is 15.1. The van der Waals surface area contributed by atoms with Crippen molar-refractivity contribution in [3.8, 4) is 0 Å². The quantitative estimate of drug-likeness (QED) is 0.445.